The van der Waals surface area contributed by atoms with Crippen molar-refractivity contribution < 1.29 is 28.1 Å². The maximum Gasteiger partial charge on any atom is 0.306 e. The van der Waals surface area contributed by atoms with Gasteiger partial charge in [-0.2, -0.15) is 0 Å². The Kier molecular flexibility index (Phi) is 9.13. The fourth-order valence-corrected chi connectivity index (χ4v) is 3.68. The molecule has 4 aromatic carbocycles. The van der Waals surface area contributed by atoms with Gasteiger partial charge in [0.2, 0.25) is 0 Å². The van der Waals surface area contributed by atoms with Gasteiger partial charge in [-0.15, -0.1) is 0 Å². The second-order valence-corrected chi connectivity index (χ2v) is 8.36. The summed E-state index contributed by atoms with van der Waals surface area (Å²) in [6.07, 6.45) is 0.602. The van der Waals surface area contributed by atoms with Crippen LogP contribution in [0.2, 0.25) is 0 Å². The Morgan fingerprint density at radius 1 is 0.703 bits per heavy atom. The summed E-state index contributed by atoms with van der Waals surface area (Å²) in [5.41, 5.74) is 2.51. The van der Waals surface area contributed by atoms with E-state index in [1.165, 1.54) is 6.07 Å². The number of hydrogen-bond donors (Lipinski definition) is 0. The first kappa shape index (κ1) is 25.8. The normalized spacial score (nSPS) is 10.5. The van der Waals surface area contributed by atoms with E-state index in [-0.39, 0.29) is 24.7 Å². The SMILES string of the molecule is CCOC(=O)CCc1ccc(OCc2cc(OCc3ccccc3)cc(Oc3ccccc3)c2)c(F)c1. The summed E-state index contributed by atoms with van der Waals surface area (Å²) in [5.74, 6) is 1.24. The molecule has 0 aliphatic carbocycles. The molecule has 0 unspecified atom stereocenters. The van der Waals surface area contributed by atoms with Gasteiger partial charge in [0.15, 0.2) is 11.6 Å². The van der Waals surface area contributed by atoms with Crippen LogP contribution in [0.5, 0.6) is 23.0 Å². The lowest BCUT2D eigenvalue weighted by Crippen LogP contribution is -2.05. The first-order chi connectivity index (χ1) is 18.1. The van der Waals surface area contributed by atoms with Crippen molar-refractivity contribution in [3.05, 3.63) is 120 Å². The van der Waals surface area contributed by atoms with Crippen molar-refractivity contribution in [2.75, 3.05) is 6.61 Å². The molecule has 0 aliphatic heterocycles. The van der Waals surface area contributed by atoms with Gasteiger partial charge in [-0.3, -0.25) is 4.79 Å². The second-order valence-electron chi connectivity index (χ2n) is 8.36. The maximum absolute atomic E-state index is 14.7. The Morgan fingerprint density at radius 2 is 1.41 bits per heavy atom. The third-order valence-corrected chi connectivity index (χ3v) is 5.48. The molecule has 0 spiro atoms. The molecule has 0 saturated heterocycles. The molecule has 0 aromatic heterocycles. The molecule has 0 fully saturated rings. The van der Waals surface area contributed by atoms with Gasteiger partial charge in [-0.1, -0.05) is 54.6 Å². The van der Waals surface area contributed by atoms with Crippen molar-refractivity contribution in [3.8, 4) is 23.0 Å². The van der Waals surface area contributed by atoms with Crippen molar-refractivity contribution in [2.45, 2.75) is 33.0 Å². The number of hydrogen-bond acceptors (Lipinski definition) is 5. The van der Waals surface area contributed by atoms with Gasteiger partial charge in [0.1, 0.15) is 30.5 Å². The Labute approximate surface area is 216 Å². The summed E-state index contributed by atoms with van der Waals surface area (Å²) < 4.78 is 37.4. The van der Waals surface area contributed by atoms with E-state index >= 15 is 0 Å². The predicted octanol–water partition coefficient (Wildman–Crippen LogP) is 7.27. The molecule has 6 heteroatoms. The Balaban J connectivity index is 1.45. The zero-order chi connectivity index (χ0) is 25.9. The minimum Gasteiger partial charge on any atom is -0.489 e. The van der Waals surface area contributed by atoms with E-state index in [1.54, 1.807) is 19.1 Å². The minimum absolute atomic E-state index is 0.118. The molecule has 0 saturated carbocycles. The topological polar surface area (TPSA) is 54.0 Å². The molecule has 4 rings (SSSR count). The van der Waals surface area contributed by atoms with Gasteiger partial charge in [0.25, 0.3) is 0 Å². The van der Waals surface area contributed by atoms with Gasteiger partial charge in [0, 0.05) is 12.5 Å². The number of ether oxygens (including phenoxy) is 4. The molecule has 0 radical (unpaired) electrons. The third-order valence-electron chi connectivity index (χ3n) is 5.48. The van der Waals surface area contributed by atoms with E-state index in [4.69, 9.17) is 18.9 Å². The number of aryl methyl sites for hydroxylation is 1. The zero-order valence-electron chi connectivity index (χ0n) is 20.7. The largest absolute Gasteiger partial charge is 0.489 e. The number of rotatable bonds is 12. The summed E-state index contributed by atoms with van der Waals surface area (Å²) in [6, 6.07) is 29.5. The molecule has 0 atom stereocenters. The van der Waals surface area contributed by atoms with Crippen molar-refractivity contribution in [2.24, 2.45) is 0 Å². The van der Waals surface area contributed by atoms with Crippen molar-refractivity contribution in [3.63, 3.8) is 0 Å². The number of halogens is 1. The van der Waals surface area contributed by atoms with E-state index in [0.29, 0.717) is 42.4 Å². The molecule has 0 N–H and O–H groups in total. The Morgan fingerprint density at radius 3 is 2.14 bits per heavy atom. The zero-order valence-corrected chi connectivity index (χ0v) is 20.7. The van der Waals surface area contributed by atoms with Crippen LogP contribution in [0.15, 0.2) is 97.1 Å². The summed E-state index contributed by atoms with van der Waals surface area (Å²) in [5, 5.41) is 0. The highest BCUT2D eigenvalue weighted by Gasteiger charge is 2.10. The molecule has 5 nitrogen and oxygen atoms in total. The van der Waals surface area contributed by atoms with Crippen LogP contribution in [0.3, 0.4) is 0 Å². The van der Waals surface area contributed by atoms with Crippen LogP contribution in [0, 0.1) is 5.82 Å². The molecule has 190 valence electrons. The highest BCUT2D eigenvalue weighted by Crippen LogP contribution is 2.29. The van der Waals surface area contributed by atoms with Gasteiger partial charge in [-0.05, 0) is 66.4 Å². The standard InChI is InChI=1S/C31H29FO5/c1-2-34-31(33)16-14-23-13-15-30(29(32)19-23)36-22-25-17-27(35-21-24-9-5-3-6-10-24)20-28(18-25)37-26-11-7-4-8-12-26/h3-13,15,17-20H,2,14,16,21-22H2,1H3. The first-order valence-electron chi connectivity index (χ1n) is 12.2. The second kappa shape index (κ2) is 13.1. The van der Waals surface area contributed by atoms with Crippen molar-refractivity contribution >= 4 is 5.97 Å². The van der Waals surface area contributed by atoms with Crippen molar-refractivity contribution in [1.82, 2.24) is 0 Å². The molecular weight excluding hydrogens is 471 g/mol. The Hall–Kier alpha value is -4.32. The quantitative estimate of drug-likeness (QED) is 0.192. The van der Waals surface area contributed by atoms with Crippen LogP contribution in [0.25, 0.3) is 0 Å². The number of esters is 1. The summed E-state index contributed by atoms with van der Waals surface area (Å²) in [6.45, 7) is 2.60. The lowest BCUT2D eigenvalue weighted by molar-refractivity contribution is -0.143. The van der Waals surface area contributed by atoms with Gasteiger partial charge in [0.05, 0.1) is 6.61 Å². The third kappa shape index (κ3) is 8.10. The lowest BCUT2D eigenvalue weighted by Gasteiger charge is -2.14. The van der Waals surface area contributed by atoms with Crippen LogP contribution in [0.4, 0.5) is 4.39 Å². The van der Waals surface area contributed by atoms with Gasteiger partial charge >= 0.3 is 5.97 Å². The smallest absolute Gasteiger partial charge is 0.306 e. The van der Waals surface area contributed by atoms with Crippen LogP contribution in [-0.4, -0.2) is 12.6 Å². The number of carbonyl (C=O) groups excluding carboxylic acids is 1. The maximum atomic E-state index is 14.7. The average Bonchev–Trinajstić information content (AvgIpc) is 2.91. The fourth-order valence-electron chi connectivity index (χ4n) is 3.68. The summed E-state index contributed by atoms with van der Waals surface area (Å²) in [7, 11) is 0. The van der Waals surface area contributed by atoms with E-state index in [9.17, 15) is 9.18 Å². The number of para-hydroxylation sites is 1. The predicted molar refractivity (Wildman–Crippen MR) is 139 cm³/mol. The van der Waals surface area contributed by atoms with Crippen molar-refractivity contribution in [1.29, 1.82) is 0 Å². The molecule has 0 heterocycles. The highest BCUT2D eigenvalue weighted by atomic mass is 19.1. The average molecular weight is 501 g/mol. The van der Waals surface area contributed by atoms with Crippen LogP contribution >= 0.6 is 0 Å². The van der Waals surface area contributed by atoms with Crippen LogP contribution in [-0.2, 0) is 29.2 Å². The molecule has 0 amide bonds. The molecule has 37 heavy (non-hydrogen) atoms. The lowest BCUT2D eigenvalue weighted by atomic mass is 10.1. The van der Waals surface area contributed by atoms with E-state index in [0.717, 1.165) is 11.1 Å². The molecule has 4 aromatic rings. The minimum atomic E-state index is -0.487. The van der Waals surface area contributed by atoms with E-state index in [1.807, 2.05) is 78.9 Å². The fraction of sp³-hybridized carbons (Fsp3) is 0.194. The first-order valence-corrected chi connectivity index (χ1v) is 12.2. The van der Waals surface area contributed by atoms with Gasteiger partial charge in [-0.25, -0.2) is 4.39 Å². The number of carbonyl (C=O) groups is 1. The highest BCUT2D eigenvalue weighted by molar-refractivity contribution is 5.69. The number of benzene rings is 4. The van der Waals surface area contributed by atoms with Gasteiger partial charge < -0.3 is 18.9 Å². The molecular formula is C31H29FO5. The van der Waals surface area contributed by atoms with E-state index < -0.39 is 5.82 Å². The van der Waals surface area contributed by atoms with E-state index in [2.05, 4.69) is 0 Å². The Bertz CT molecular complexity index is 1290. The molecule has 0 bridgehead atoms. The molecule has 0 aliphatic rings. The monoisotopic (exact) mass is 500 g/mol. The van der Waals surface area contributed by atoms with Crippen LogP contribution < -0.4 is 14.2 Å². The summed E-state index contributed by atoms with van der Waals surface area (Å²) in [4.78, 5) is 11.6. The summed E-state index contributed by atoms with van der Waals surface area (Å²) >= 11 is 0. The van der Waals surface area contributed by atoms with Crippen LogP contribution in [0.1, 0.15) is 30.0 Å².